The average Bonchev–Trinajstić information content (AvgIpc) is 3.53. The van der Waals surface area contributed by atoms with Gasteiger partial charge in [-0.3, -0.25) is 9.59 Å². The molecule has 8 heteroatoms. The number of carbonyl (C=O) groups excluding carboxylic acids is 2. The number of ether oxygens (including phenoxy) is 1. The molecule has 0 radical (unpaired) electrons. The Kier molecular flexibility index (Phi) is 5.42. The van der Waals surface area contributed by atoms with E-state index in [1.54, 1.807) is 24.3 Å². The normalized spacial score (nSPS) is 16.0. The number of aryl methyl sites for hydroxylation is 1. The van der Waals surface area contributed by atoms with Gasteiger partial charge in [-0.15, -0.1) is 0 Å². The summed E-state index contributed by atoms with van der Waals surface area (Å²) in [6.07, 6.45) is 1.50. The molecule has 2 aromatic heterocycles. The number of Topliss-reactive ketones (excluding diaryl/α,β-unsaturated/α-hetero) is 1. The van der Waals surface area contributed by atoms with Gasteiger partial charge in [-0.05, 0) is 36.8 Å². The molecule has 172 valence electrons. The van der Waals surface area contributed by atoms with Crippen LogP contribution in [0.1, 0.15) is 33.5 Å². The van der Waals surface area contributed by atoms with Gasteiger partial charge in [0.05, 0.1) is 31.5 Å². The van der Waals surface area contributed by atoms with E-state index < -0.39 is 23.5 Å². The van der Waals surface area contributed by atoms with Crippen LogP contribution < -0.4 is 4.74 Å². The van der Waals surface area contributed by atoms with Crippen LogP contribution in [0.15, 0.2) is 81.0 Å². The molecule has 0 bridgehead atoms. The maximum Gasteiger partial charge on any atom is 0.290 e. The summed E-state index contributed by atoms with van der Waals surface area (Å²) in [6.45, 7) is 1.99. The number of aliphatic hydroxyl groups is 1. The zero-order valence-electron chi connectivity index (χ0n) is 18.4. The molecule has 1 aliphatic heterocycles. The number of halogens is 1. The van der Waals surface area contributed by atoms with Gasteiger partial charge in [-0.1, -0.05) is 41.4 Å². The van der Waals surface area contributed by atoms with E-state index in [9.17, 15) is 14.7 Å². The van der Waals surface area contributed by atoms with E-state index in [4.69, 9.17) is 25.2 Å². The molecule has 0 fully saturated rings. The molecule has 2 aromatic carbocycles. The number of nitrogens with zero attached hydrogens (tertiary/aromatic N) is 1. The maximum absolute atomic E-state index is 13.7. The highest BCUT2D eigenvalue weighted by atomic mass is 35.5. The monoisotopic (exact) mass is 477 g/mol. The minimum Gasteiger partial charge on any atom is -0.503 e. The summed E-state index contributed by atoms with van der Waals surface area (Å²) in [5.41, 5.74) is 1.92. The zero-order valence-corrected chi connectivity index (χ0v) is 19.1. The first-order chi connectivity index (χ1) is 16.4. The Morgan fingerprint density at radius 2 is 2.00 bits per heavy atom. The van der Waals surface area contributed by atoms with Crippen molar-refractivity contribution in [2.75, 3.05) is 7.11 Å². The van der Waals surface area contributed by atoms with Crippen LogP contribution in [-0.2, 0) is 11.3 Å². The number of hydrogen-bond donors (Lipinski definition) is 1. The van der Waals surface area contributed by atoms with Crippen LogP contribution in [0, 0.1) is 6.92 Å². The largest absolute Gasteiger partial charge is 0.503 e. The fourth-order valence-electron chi connectivity index (χ4n) is 4.29. The predicted octanol–water partition coefficient (Wildman–Crippen LogP) is 5.77. The minimum absolute atomic E-state index is 0.0394. The number of hydrogen-bond acceptors (Lipinski definition) is 6. The number of aliphatic hydroxyl groups excluding tert-OH is 1. The highest BCUT2D eigenvalue weighted by Gasteiger charge is 2.45. The van der Waals surface area contributed by atoms with Gasteiger partial charge in [0.2, 0.25) is 5.78 Å². The number of carbonyl (C=O) groups is 2. The van der Waals surface area contributed by atoms with Gasteiger partial charge in [-0.2, -0.15) is 0 Å². The van der Waals surface area contributed by atoms with Crippen molar-refractivity contribution in [1.82, 2.24) is 4.90 Å². The minimum atomic E-state index is -0.830. The van der Waals surface area contributed by atoms with Gasteiger partial charge in [0, 0.05) is 16.5 Å². The molecule has 5 rings (SSSR count). The summed E-state index contributed by atoms with van der Waals surface area (Å²) in [6, 6.07) is 14.8. The van der Waals surface area contributed by atoms with Gasteiger partial charge >= 0.3 is 0 Å². The Hall–Kier alpha value is -3.97. The van der Waals surface area contributed by atoms with Gasteiger partial charge in [0.25, 0.3) is 5.91 Å². The summed E-state index contributed by atoms with van der Waals surface area (Å²) < 4.78 is 16.6. The molecule has 1 N–H and O–H groups in total. The second-order valence-corrected chi connectivity index (χ2v) is 8.49. The second kappa shape index (κ2) is 8.43. The fraction of sp³-hybridized carbons (Fsp3) is 0.154. The van der Waals surface area contributed by atoms with Crippen molar-refractivity contribution in [3.8, 4) is 5.75 Å². The van der Waals surface area contributed by atoms with E-state index >= 15 is 0 Å². The maximum atomic E-state index is 13.7. The van der Waals surface area contributed by atoms with Crippen LogP contribution in [-0.4, -0.2) is 28.8 Å². The summed E-state index contributed by atoms with van der Waals surface area (Å²) in [5, 5.41) is 11.8. The van der Waals surface area contributed by atoms with Crippen molar-refractivity contribution in [3.63, 3.8) is 0 Å². The first-order valence-electron chi connectivity index (χ1n) is 10.5. The van der Waals surface area contributed by atoms with Crippen molar-refractivity contribution in [3.05, 3.63) is 99.9 Å². The lowest BCUT2D eigenvalue weighted by atomic mass is 9.94. The number of benzene rings is 2. The molecule has 7 nitrogen and oxygen atoms in total. The van der Waals surface area contributed by atoms with Crippen LogP contribution in [0.3, 0.4) is 0 Å². The Bertz CT molecular complexity index is 1450. The summed E-state index contributed by atoms with van der Waals surface area (Å²) >= 11 is 6.15. The smallest absolute Gasteiger partial charge is 0.290 e. The molecule has 1 atom stereocenters. The Morgan fingerprint density at radius 1 is 1.18 bits per heavy atom. The van der Waals surface area contributed by atoms with E-state index in [1.807, 2.05) is 31.2 Å². The van der Waals surface area contributed by atoms with Crippen LogP contribution in [0.2, 0.25) is 5.02 Å². The highest BCUT2D eigenvalue weighted by Crippen LogP contribution is 2.41. The van der Waals surface area contributed by atoms with Crippen molar-refractivity contribution < 1.29 is 28.3 Å². The molecule has 4 aromatic rings. The molecule has 34 heavy (non-hydrogen) atoms. The molecule has 1 amide bonds. The van der Waals surface area contributed by atoms with E-state index in [-0.39, 0.29) is 17.9 Å². The third kappa shape index (κ3) is 3.64. The van der Waals surface area contributed by atoms with Crippen molar-refractivity contribution >= 4 is 34.3 Å². The number of ketones is 1. The van der Waals surface area contributed by atoms with E-state index in [0.29, 0.717) is 33.1 Å². The average molecular weight is 478 g/mol. The molecule has 0 spiro atoms. The predicted molar refractivity (Wildman–Crippen MR) is 125 cm³/mol. The molecule has 3 heterocycles. The van der Waals surface area contributed by atoms with E-state index in [2.05, 4.69) is 0 Å². The Morgan fingerprint density at radius 3 is 2.71 bits per heavy atom. The zero-order chi connectivity index (χ0) is 24.0. The first-order valence-corrected chi connectivity index (χ1v) is 10.9. The van der Waals surface area contributed by atoms with Gasteiger partial charge in [0.15, 0.2) is 22.9 Å². The molecule has 0 aliphatic carbocycles. The summed E-state index contributed by atoms with van der Waals surface area (Å²) in [7, 11) is 1.47. The Labute approximate surface area is 199 Å². The molecule has 0 saturated carbocycles. The number of methoxy groups -OCH3 is 1. The van der Waals surface area contributed by atoms with E-state index in [0.717, 1.165) is 5.56 Å². The van der Waals surface area contributed by atoms with Gasteiger partial charge < -0.3 is 23.6 Å². The van der Waals surface area contributed by atoms with Crippen LogP contribution in [0.4, 0.5) is 0 Å². The second-order valence-electron chi connectivity index (χ2n) is 8.06. The molecular weight excluding hydrogens is 458 g/mol. The summed E-state index contributed by atoms with van der Waals surface area (Å²) in [5.74, 6) is -1.03. The van der Waals surface area contributed by atoms with E-state index in [1.165, 1.54) is 24.3 Å². The van der Waals surface area contributed by atoms with Crippen LogP contribution in [0.5, 0.6) is 5.75 Å². The molecule has 0 saturated heterocycles. The van der Waals surface area contributed by atoms with Gasteiger partial charge in [0.1, 0.15) is 5.76 Å². The number of rotatable bonds is 6. The lowest BCUT2D eigenvalue weighted by Crippen LogP contribution is -2.30. The van der Waals surface area contributed by atoms with Crippen molar-refractivity contribution in [2.45, 2.75) is 19.5 Å². The standard InChI is InChI=1S/C26H20ClNO6/c1-14-5-3-6-15(9-14)22-21(24(30)26(31)28(22)13-18-7-4-8-33-18)23(29)19-11-16-10-17(27)12-20(32-2)25(16)34-19/h3-12,22,30H,13H2,1-2H3. The number of furan rings is 2. The van der Waals surface area contributed by atoms with Crippen LogP contribution >= 0.6 is 11.6 Å². The molecular formula is C26H20ClNO6. The topological polar surface area (TPSA) is 93.1 Å². The third-order valence-electron chi connectivity index (χ3n) is 5.80. The fourth-order valence-corrected chi connectivity index (χ4v) is 4.50. The SMILES string of the molecule is COc1cc(Cl)cc2cc(C(=O)C3=C(O)C(=O)N(Cc4ccco4)C3c3cccc(C)c3)oc12. The summed E-state index contributed by atoms with van der Waals surface area (Å²) in [4.78, 5) is 28.2. The van der Waals surface area contributed by atoms with Crippen molar-refractivity contribution in [2.24, 2.45) is 0 Å². The number of fused-ring (bicyclic) bond motifs is 1. The van der Waals surface area contributed by atoms with Crippen molar-refractivity contribution in [1.29, 1.82) is 0 Å². The van der Waals surface area contributed by atoms with Crippen LogP contribution in [0.25, 0.3) is 11.0 Å². The Balaban J connectivity index is 1.62. The lowest BCUT2D eigenvalue weighted by Gasteiger charge is -2.26. The third-order valence-corrected chi connectivity index (χ3v) is 6.02. The molecule has 1 aliphatic rings. The van der Waals surface area contributed by atoms with Gasteiger partial charge in [-0.25, -0.2) is 0 Å². The highest BCUT2D eigenvalue weighted by molar-refractivity contribution is 6.31. The quantitative estimate of drug-likeness (QED) is 0.354. The molecule has 1 unspecified atom stereocenters. The lowest BCUT2D eigenvalue weighted by molar-refractivity contribution is -0.130. The first kappa shape index (κ1) is 21.9. The number of amides is 1.